The van der Waals surface area contributed by atoms with Crippen LogP contribution in [0.2, 0.25) is 0 Å². The quantitative estimate of drug-likeness (QED) is 0.841. The van der Waals surface area contributed by atoms with Crippen LogP contribution >= 0.6 is 12.4 Å². The van der Waals surface area contributed by atoms with Crippen molar-refractivity contribution in [1.29, 1.82) is 0 Å². The summed E-state index contributed by atoms with van der Waals surface area (Å²) >= 11 is 0. The van der Waals surface area contributed by atoms with Crippen molar-refractivity contribution in [3.63, 3.8) is 0 Å². The molecule has 0 fully saturated rings. The molecule has 1 nitrogen and oxygen atoms in total. The number of benzene rings is 1. The van der Waals surface area contributed by atoms with Gasteiger partial charge in [0.05, 0.1) is 0 Å². The standard InChI is InChI=1S/C12H18FN.ClH/c1-9(2)6-7-12(14)10-4-3-5-11(13)8-10;/h3-5,8-9,12H,6-7,14H2,1-2H3;1H/t12-;/m0./s1. The Morgan fingerprint density at radius 1 is 1.27 bits per heavy atom. The lowest BCUT2D eigenvalue weighted by Crippen LogP contribution is -2.11. The van der Waals surface area contributed by atoms with Crippen LogP contribution in [0.1, 0.15) is 38.3 Å². The minimum Gasteiger partial charge on any atom is -0.324 e. The molecule has 2 N–H and O–H groups in total. The van der Waals surface area contributed by atoms with E-state index in [1.807, 2.05) is 6.07 Å². The molecule has 0 aliphatic rings. The maximum Gasteiger partial charge on any atom is 0.123 e. The van der Waals surface area contributed by atoms with Gasteiger partial charge in [-0.1, -0.05) is 26.0 Å². The lowest BCUT2D eigenvalue weighted by molar-refractivity contribution is 0.505. The SMILES string of the molecule is CC(C)CC[C@H](N)c1cccc(F)c1.Cl. The van der Waals surface area contributed by atoms with Gasteiger partial charge in [0.25, 0.3) is 0 Å². The van der Waals surface area contributed by atoms with Gasteiger partial charge in [0, 0.05) is 6.04 Å². The monoisotopic (exact) mass is 231 g/mol. The molecular formula is C12H19ClFN. The average molecular weight is 232 g/mol. The summed E-state index contributed by atoms with van der Waals surface area (Å²) in [6, 6.07) is 6.52. The predicted octanol–water partition coefficient (Wildman–Crippen LogP) is 3.68. The van der Waals surface area contributed by atoms with Crippen LogP contribution < -0.4 is 5.73 Å². The van der Waals surface area contributed by atoms with E-state index in [9.17, 15) is 4.39 Å². The van der Waals surface area contributed by atoms with Crippen LogP contribution in [0.4, 0.5) is 4.39 Å². The number of hydrogen-bond acceptors (Lipinski definition) is 1. The summed E-state index contributed by atoms with van der Waals surface area (Å²) < 4.78 is 12.9. The van der Waals surface area contributed by atoms with E-state index in [-0.39, 0.29) is 24.3 Å². The van der Waals surface area contributed by atoms with E-state index in [4.69, 9.17) is 5.73 Å². The topological polar surface area (TPSA) is 26.0 Å². The lowest BCUT2D eigenvalue weighted by Gasteiger charge is -2.13. The summed E-state index contributed by atoms with van der Waals surface area (Å²) in [4.78, 5) is 0. The highest BCUT2D eigenvalue weighted by atomic mass is 35.5. The molecule has 0 aromatic heterocycles. The minimum absolute atomic E-state index is 0. The molecule has 1 rings (SSSR count). The molecule has 0 saturated carbocycles. The molecule has 1 aromatic carbocycles. The molecule has 0 bridgehead atoms. The van der Waals surface area contributed by atoms with Crippen LogP contribution in [0.3, 0.4) is 0 Å². The van der Waals surface area contributed by atoms with Crippen molar-refractivity contribution in [2.45, 2.75) is 32.7 Å². The van der Waals surface area contributed by atoms with Gasteiger partial charge in [0.15, 0.2) is 0 Å². The van der Waals surface area contributed by atoms with Crippen molar-refractivity contribution in [1.82, 2.24) is 0 Å². The zero-order valence-electron chi connectivity index (χ0n) is 9.24. The van der Waals surface area contributed by atoms with Crippen molar-refractivity contribution in [3.05, 3.63) is 35.6 Å². The second-order valence-corrected chi connectivity index (χ2v) is 4.13. The van der Waals surface area contributed by atoms with Gasteiger partial charge in [0.2, 0.25) is 0 Å². The molecule has 0 saturated heterocycles. The van der Waals surface area contributed by atoms with Crippen molar-refractivity contribution < 1.29 is 4.39 Å². The van der Waals surface area contributed by atoms with Crippen LogP contribution in [0.15, 0.2) is 24.3 Å². The fraction of sp³-hybridized carbons (Fsp3) is 0.500. The molecule has 1 aromatic rings. The van der Waals surface area contributed by atoms with Gasteiger partial charge < -0.3 is 5.73 Å². The van der Waals surface area contributed by atoms with E-state index in [2.05, 4.69) is 13.8 Å². The van der Waals surface area contributed by atoms with Crippen molar-refractivity contribution in [2.24, 2.45) is 11.7 Å². The zero-order chi connectivity index (χ0) is 10.6. The Kier molecular flexibility index (Phi) is 6.53. The van der Waals surface area contributed by atoms with E-state index < -0.39 is 0 Å². The molecule has 0 spiro atoms. The van der Waals surface area contributed by atoms with Gasteiger partial charge in [-0.15, -0.1) is 12.4 Å². The number of nitrogens with two attached hydrogens (primary N) is 1. The molecule has 86 valence electrons. The molecule has 1 atom stereocenters. The van der Waals surface area contributed by atoms with Gasteiger partial charge in [-0.25, -0.2) is 4.39 Å². The lowest BCUT2D eigenvalue weighted by atomic mass is 9.98. The van der Waals surface area contributed by atoms with Crippen LogP contribution in [0, 0.1) is 11.7 Å². The fourth-order valence-electron chi connectivity index (χ4n) is 1.42. The van der Waals surface area contributed by atoms with E-state index in [1.54, 1.807) is 6.07 Å². The van der Waals surface area contributed by atoms with Crippen LogP contribution in [-0.4, -0.2) is 0 Å². The smallest absolute Gasteiger partial charge is 0.123 e. The van der Waals surface area contributed by atoms with E-state index >= 15 is 0 Å². The molecule has 0 unspecified atom stereocenters. The molecule has 0 radical (unpaired) electrons. The Morgan fingerprint density at radius 2 is 1.93 bits per heavy atom. The summed E-state index contributed by atoms with van der Waals surface area (Å²) in [6.45, 7) is 4.33. The minimum atomic E-state index is -0.206. The van der Waals surface area contributed by atoms with Gasteiger partial charge in [-0.2, -0.15) is 0 Å². The molecular weight excluding hydrogens is 213 g/mol. The molecule has 15 heavy (non-hydrogen) atoms. The number of rotatable bonds is 4. The Bertz CT molecular complexity index is 289. The molecule has 0 amide bonds. The van der Waals surface area contributed by atoms with Crippen LogP contribution in [0.5, 0.6) is 0 Å². The van der Waals surface area contributed by atoms with Crippen molar-refractivity contribution in [2.75, 3.05) is 0 Å². The third kappa shape index (κ3) is 5.14. The molecule has 0 aliphatic carbocycles. The van der Waals surface area contributed by atoms with E-state index in [0.717, 1.165) is 18.4 Å². The fourth-order valence-corrected chi connectivity index (χ4v) is 1.42. The average Bonchev–Trinajstić information content (AvgIpc) is 2.14. The molecule has 3 heteroatoms. The third-order valence-corrected chi connectivity index (χ3v) is 2.33. The first-order chi connectivity index (χ1) is 6.59. The highest BCUT2D eigenvalue weighted by Gasteiger charge is 2.07. The van der Waals surface area contributed by atoms with Crippen LogP contribution in [0.25, 0.3) is 0 Å². The maximum absolute atomic E-state index is 12.9. The van der Waals surface area contributed by atoms with Gasteiger partial charge >= 0.3 is 0 Å². The second-order valence-electron chi connectivity index (χ2n) is 4.13. The summed E-state index contributed by atoms with van der Waals surface area (Å²) in [5.41, 5.74) is 6.84. The molecule has 0 aliphatic heterocycles. The Labute approximate surface area is 97.3 Å². The summed E-state index contributed by atoms with van der Waals surface area (Å²) in [5, 5.41) is 0. The predicted molar refractivity (Wildman–Crippen MR) is 64.6 cm³/mol. The first-order valence-electron chi connectivity index (χ1n) is 5.10. The van der Waals surface area contributed by atoms with Crippen molar-refractivity contribution >= 4 is 12.4 Å². The summed E-state index contributed by atoms with van der Waals surface area (Å²) in [7, 11) is 0. The second kappa shape index (κ2) is 6.81. The first kappa shape index (κ1) is 14.4. The van der Waals surface area contributed by atoms with Gasteiger partial charge in [-0.3, -0.25) is 0 Å². The third-order valence-electron chi connectivity index (χ3n) is 2.33. The van der Waals surface area contributed by atoms with Crippen molar-refractivity contribution in [3.8, 4) is 0 Å². The van der Waals surface area contributed by atoms with Gasteiger partial charge in [0.1, 0.15) is 5.82 Å². The largest absolute Gasteiger partial charge is 0.324 e. The van der Waals surface area contributed by atoms with Gasteiger partial charge in [-0.05, 0) is 36.5 Å². The normalized spacial score (nSPS) is 12.3. The highest BCUT2D eigenvalue weighted by molar-refractivity contribution is 5.85. The zero-order valence-corrected chi connectivity index (χ0v) is 10.1. The summed E-state index contributed by atoms with van der Waals surface area (Å²) in [6.07, 6.45) is 2.00. The molecule has 0 heterocycles. The Hall–Kier alpha value is -0.600. The van der Waals surface area contributed by atoms with Crippen LogP contribution in [-0.2, 0) is 0 Å². The van der Waals surface area contributed by atoms with E-state index in [1.165, 1.54) is 12.1 Å². The van der Waals surface area contributed by atoms with E-state index in [0.29, 0.717) is 5.92 Å². The highest BCUT2D eigenvalue weighted by Crippen LogP contribution is 2.18. The number of hydrogen-bond donors (Lipinski definition) is 1. The first-order valence-corrected chi connectivity index (χ1v) is 5.10. The Balaban J connectivity index is 0.00000196. The maximum atomic E-state index is 12.9. The summed E-state index contributed by atoms with van der Waals surface area (Å²) in [5.74, 6) is 0.442. The Morgan fingerprint density at radius 3 is 2.47 bits per heavy atom. The number of halogens is 2.